The molecule has 0 spiro atoms. The van der Waals surface area contributed by atoms with Crippen LogP contribution in [0.15, 0.2) is 0 Å². The summed E-state index contributed by atoms with van der Waals surface area (Å²) in [5.41, 5.74) is 0. The van der Waals surface area contributed by atoms with E-state index >= 15 is 0 Å². The van der Waals surface area contributed by atoms with Crippen LogP contribution < -0.4 is 10.6 Å². The molecule has 2 heterocycles. The number of carbonyl (C=O) groups excluding carboxylic acids is 2. The van der Waals surface area contributed by atoms with Gasteiger partial charge in [-0.2, -0.15) is 11.8 Å². The number of amides is 2. The first-order valence-electron chi connectivity index (χ1n) is 6.07. The van der Waals surface area contributed by atoms with Gasteiger partial charge in [-0.25, -0.2) is 0 Å². The average Bonchev–Trinajstić information content (AvgIpc) is 2.34. The Bertz CT molecular complexity index is 311. The summed E-state index contributed by atoms with van der Waals surface area (Å²) in [4.78, 5) is 25.3. The summed E-state index contributed by atoms with van der Waals surface area (Å²) in [5.74, 6) is 2.15. The van der Waals surface area contributed by atoms with E-state index in [2.05, 4.69) is 10.6 Å². The van der Waals surface area contributed by atoms with E-state index in [4.69, 9.17) is 0 Å². The van der Waals surface area contributed by atoms with Crippen molar-refractivity contribution in [2.75, 3.05) is 31.1 Å². The molecule has 2 amide bonds. The van der Waals surface area contributed by atoms with Crippen molar-refractivity contribution in [1.82, 2.24) is 15.5 Å². The molecule has 0 radical (unpaired) electrons. The molecule has 2 saturated heterocycles. The van der Waals surface area contributed by atoms with Crippen LogP contribution in [0.3, 0.4) is 0 Å². The van der Waals surface area contributed by atoms with Crippen LogP contribution >= 0.6 is 24.2 Å². The number of nitrogens with one attached hydrogen (secondary N) is 2. The summed E-state index contributed by atoms with van der Waals surface area (Å²) in [6.07, 6.45) is 0.505. The molecule has 0 aromatic heterocycles. The molecule has 0 aromatic rings. The highest BCUT2D eigenvalue weighted by Gasteiger charge is 2.30. The van der Waals surface area contributed by atoms with Crippen LogP contribution in [0.4, 0.5) is 0 Å². The topological polar surface area (TPSA) is 61.4 Å². The Balaban J connectivity index is 0.00000162. The highest BCUT2D eigenvalue weighted by Crippen LogP contribution is 2.13. The fraction of sp³-hybridized carbons (Fsp3) is 0.818. The molecular formula is C11H20ClN3O2S. The fourth-order valence-electron chi connectivity index (χ4n) is 2.20. The van der Waals surface area contributed by atoms with Gasteiger partial charge in [0.2, 0.25) is 11.8 Å². The molecule has 7 heteroatoms. The smallest absolute Gasteiger partial charge is 0.242 e. The van der Waals surface area contributed by atoms with Gasteiger partial charge in [0.05, 0.1) is 0 Å². The molecule has 2 aliphatic heterocycles. The molecule has 2 atom stereocenters. The molecule has 0 bridgehead atoms. The normalized spacial score (nSPS) is 28.3. The van der Waals surface area contributed by atoms with Gasteiger partial charge < -0.3 is 15.5 Å². The molecule has 18 heavy (non-hydrogen) atoms. The lowest BCUT2D eigenvalue weighted by Crippen LogP contribution is -2.56. The van der Waals surface area contributed by atoms with Crippen molar-refractivity contribution >= 4 is 36.0 Å². The van der Waals surface area contributed by atoms with Crippen LogP contribution in [0.25, 0.3) is 0 Å². The third kappa shape index (κ3) is 3.76. The minimum Gasteiger partial charge on any atom is -0.353 e. The van der Waals surface area contributed by atoms with Crippen LogP contribution in [0, 0.1) is 0 Å². The molecule has 104 valence electrons. The van der Waals surface area contributed by atoms with E-state index < -0.39 is 0 Å². The summed E-state index contributed by atoms with van der Waals surface area (Å²) < 4.78 is 0. The van der Waals surface area contributed by atoms with Gasteiger partial charge in [0, 0.05) is 43.6 Å². The first kappa shape index (κ1) is 15.6. The monoisotopic (exact) mass is 293 g/mol. The van der Waals surface area contributed by atoms with Gasteiger partial charge in [0.15, 0.2) is 0 Å². The molecule has 0 saturated carbocycles. The van der Waals surface area contributed by atoms with Crippen molar-refractivity contribution in [1.29, 1.82) is 0 Å². The van der Waals surface area contributed by atoms with E-state index in [-0.39, 0.29) is 36.3 Å². The van der Waals surface area contributed by atoms with Crippen LogP contribution in [-0.4, -0.2) is 59.9 Å². The third-order valence-electron chi connectivity index (χ3n) is 3.24. The summed E-state index contributed by atoms with van der Waals surface area (Å²) in [7, 11) is 0. The quantitative estimate of drug-likeness (QED) is 0.743. The average molecular weight is 294 g/mol. The van der Waals surface area contributed by atoms with E-state index in [1.807, 2.05) is 11.8 Å². The van der Waals surface area contributed by atoms with Crippen LogP contribution in [0.2, 0.25) is 0 Å². The number of hydrogen-bond donors (Lipinski definition) is 2. The number of rotatable bonds is 2. The molecule has 5 nitrogen and oxygen atoms in total. The molecule has 2 rings (SSSR count). The van der Waals surface area contributed by atoms with Crippen molar-refractivity contribution < 1.29 is 9.59 Å². The highest BCUT2D eigenvalue weighted by molar-refractivity contribution is 7.99. The summed E-state index contributed by atoms with van der Waals surface area (Å²) >= 11 is 1.88. The zero-order valence-electron chi connectivity index (χ0n) is 10.5. The zero-order valence-corrected chi connectivity index (χ0v) is 12.1. The predicted molar refractivity (Wildman–Crippen MR) is 75.2 cm³/mol. The second-order valence-electron chi connectivity index (χ2n) is 4.48. The van der Waals surface area contributed by atoms with Gasteiger partial charge >= 0.3 is 0 Å². The lowest BCUT2D eigenvalue weighted by molar-refractivity contribution is -0.142. The predicted octanol–water partition coefficient (Wildman–Crippen LogP) is -0.150. The first-order valence-corrected chi connectivity index (χ1v) is 7.22. The largest absolute Gasteiger partial charge is 0.353 e. The molecule has 0 aromatic carbocycles. The number of piperazine rings is 1. The van der Waals surface area contributed by atoms with Gasteiger partial charge in [-0.15, -0.1) is 12.4 Å². The number of thioether (sulfide) groups is 1. The molecule has 0 aliphatic carbocycles. The standard InChI is InChI=1S/C11H19N3O2S.ClH/c1-8-11(16)13-2-4-14(8)10(15)6-9-7-17-5-3-12-9;/h8-9,12H,2-7H2,1H3,(H,13,16);1H. The van der Waals surface area contributed by atoms with E-state index in [9.17, 15) is 9.59 Å². The van der Waals surface area contributed by atoms with Crippen molar-refractivity contribution in [3.63, 3.8) is 0 Å². The molecule has 2 unspecified atom stereocenters. The lowest BCUT2D eigenvalue weighted by atomic mass is 10.1. The molecule has 2 aliphatic rings. The van der Waals surface area contributed by atoms with E-state index in [0.717, 1.165) is 18.1 Å². The van der Waals surface area contributed by atoms with Gasteiger partial charge in [0.1, 0.15) is 6.04 Å². The SMILES string of the molecule is CC1C(=O)NCCN1C(=O)CC1CSCCN1.Cl. The Morgan fingerprint density at radius 3 is 2.94 bits per heavy atom. The highest BCUT2D eigenvalue weighted by atomic mass is 35.5. The Morgan fingerprint density at radius 2 is 2.28 bits per heavy atom. The van der Waals surface area contributed by atoms with E-state index in [1.54, 1.807) is 11.8 Å². The Morgan fingerprint density at radius 1 is 1.50 bits per heavy atom. The minimum absolute atomic E-state index is 0. The van der Waals surface area contributed by atoms with Crippen molar-refractivity contribution in [3.05, 3.63) is 0 Å². The van der Waals surface area contributed by atoms with Crippen molar-refractivity contribution in [2.45, 2.75) is 25.4 Å². The zero-order chi connectivity index (χ0) is 12.3. The van der Waals surface area contributed by atoms with Gasteiger partial charge in [-0.05, 0) is 6.92 Å². The third-order valence-corrected chi connectivity index (χ3v) is 4.37. The second-order valence-corrected chi connectivity index (χ2v) is 5.63. The van der Waals surface area contributed by atoms with Gasteiger partial charge in [-0.3, -0.25) is 9.59 Å². The number of hydrogen-bond acceptors (Lipinski definition) is 4. The number of nitrogens with zero attached hydrogens (tertiary/aromatic N) is 1. The van der Waals surface area contributed by atoms with Crippen molar-refractivity contribution in [2.24, 2.45) is 0 Å². The van der Waals surface area contributed by atoms with Crippen LogP contribution in [0.1, 0.15) is 13.3 Å². The summed E-state index contributed by atoms with van der Waals surface area (Å²) in [6, 6.07) is -0.0640. The van der Waals surface area contributed by atoms with Gasteiger partial charge in [0.25, 0.3) is 0 Å². The fourth-order valence-corrected chi connectivity index (χ4v) is 3.15. The summed E-state index contributed by atoms with van der Waals surface area (Å²) in [6.45, 7) is 3.96. The maximum absolute atomic E-state index is 12.1. The first-order chi connectivity index (χ1) is 8.18. The second kappa shape index (κ2) is 7.21. The van der Waals surface area contributed by atoms with Crippen molar-refractivity contribution in [3.8, 4) is 0 Å². The summed E-state index contributed by atoms with van der Waals surface area (Å²) in [5, 5.41) is 6.11. The minimum atomic E-state index is -0.326. The van der Waals surface area contributed by atoms with Crippen LogP contribution in [-0.2, 0) is 9.59 Å². The molecule has 2 N–H and O–H groups in total. The Labute approximate surface area is 118 Å². The van der Waals surface area contributed by atoms with Gasteiger partial charge in [-0.1, -0.05) is 0 Å². The number of carbonyl (C=O) groups is 2. The van der Waals surface area contributed by atoms with Crippen LogP contribution in [0.5, 0.6) is 0 Å². The maximum atomic E-state index is 12.1. The molecular weight excluding hydrogens is 274 g/mol. The Hall–Kier alpha value is -0.460. The number of halogens is 1. The van der Waals surface area contributed by atoms with E-state index in [0.29, 0.717) is 19.5 Å². The molecule has 2 fully saturated rings. The van der Waals surface area contributed by atoms with E-state index in [1.165, 1.54) is 0 Å². The maximum Gasteiger partial charge on any atom is 0.242 e. The lowest BCUT2D eigenvalue weighted by Gasteiger charge is -2.34. The Kier molecular flexibility index (Phi) is 6.25.